The van der Waals surface area contributed by atoms with Crippen LogP contribution in [0.2, 0.25) is 0 Å². The lowest BCUT2D eigenvalue weighted by molar-refractivity contribution is 1.01. The van der Waals surface area contributed by atoms with Crippen molar-refractivity contribution in [2.75, 3.05) is 14.7 Å². The quantitative estimate of drug-likeness (QED) is 0.127. The molecular formula is C64H47N3. The number of para-hydroxylation sites is 6. The molecule has 11 aromatic rings. The SMILES string of the molecule is C1=C(c2c3cc(N(c4ccccc4)c4ccccc4)ccc3c(N(c3ccccc3)c3ccccc3)c3cc(N(c4ccccc4)c4ccccc4)ccc23)CCc2ccc3ccccc3c21. The number of nitrogens with zero attached hydrogens (tertiary/aromatic N) is 3. The van der Waals surface area contributed by atoms with Crippen LogP contribution in [-0.2, 0) is 6.42 Å². The van der Waals surface area contributed by atoms with Gasteiger partial charge >= 0.3 is 0 Å². The summed E-state index contributed by atoms with van der Waals surface area (Å²) >= 11 is 0. The summed E-state index contributed by atoms with van der Waals surface area (Å²) in [5.74, 6) is 0. The fourth-order valence-electron chi connectivity index (χ4n) is 10.3. The molecule has 11 aromatic carbocycles. The molecule has 0 saturated heterocycles. The van der Waals surface area contributed by atoms with Crippen LogP contribution >= 0.6 is 0 Å². The molecular weight excluding hydrogens is 811 g/mol. The number of hydrogen-bond acceptors (Lipinski definition) is 3. The third-order valence-electron chi connectivity index (χ3n) is 13.2. The van der Waals surface area contributed by atoms with E-state index in [0.717, 1.165) is 64.0 Å². The molecule has 0 unspecified atom stereocenters. The van der Waals surface area contributed by atoms with Gasteiger partial charge in [-0.25, -0.2) is 0 Å². The van der Waals surface area contributed by atoms with Crippen molar-refractivity contribution in [2.24, 2.45) is 0 Å². The fourth-order valence-corrected chi connectivity index (χ4v) is 10.3. The van der Waals surface area contributed by atoms with E-state index in [2.05, 4.69) is 276 Å². The molecule has 3 heteroatoms. The van der Waals surface area contributed by atoms with E-state index in [4.69, 9.17) is 0 Å². The van der Waals surface area contributed by atoms with Gasteiger partial charge in [0.2, 0.25) is 0 Å². The molecule has 0 amide bonds. The molecule has 318 valence electrons. The third kappa shape index (κ3) is 7.37. The van der Waals surface area contributed by atoms with Gasteiger partial charge in [0, 0.05) is 56.3 Å². The first kappa shape index (κ1) is 39.9. The van der Waals surface area contributed by atoms with Crippen molar-refractivity contribution in [1.82, 2.24) is 0 Å². The van der Waals surface area contributed by atoms with E-state index in [1.807, 2.05) is 0 Å². The van der Waals surface area contributed by atoms with Crippen molar-refractivity contribution in [3.63, 3.8) is 0 Å². The van der Waals surface area contributed by atoms with Crippen LogP contribution in [0, 0.1) is 0 Å². The van der Waals surface area contributed by atoms with Crippen LogP contribution in [0.3, 0.4) is 0 Å². The molecule has 0 aliphatic heterocycles. The Hall–Kier alpha value is -8.66. The van der Waals surface area contributed by atoms with Gasteiger partial charge in [0.1, 0.15) is 0 Å². The highest BCUT2D eigenvalue weighted by atomic mass is 15.2. The minimum absolute atomic E-state index is 0.920. The summed E-state index contributed by atoms with van der Waals surface area (Å²) in [7, 11) is 0. The largest absolute Gasteiger partial charge is 0.310 e. The molecule has 1 aliphatic rings. The molecule has 0 bridgehead atoms. The second-order valence-electron chi connectivity index (χ2n) is 17.2. The summed E-state index contributed by atoms with van der Waals surface area (Å²) in [4.78, 5) is 7.24. The smallest absolute Gasteiger partial charge is 0.0619 e. The molecule has 12 rings (SSSR count). The molecule has 0 spiro atoms. The average Bonchev–Trinajstić information content (AvgIpc) is 3.40. The zero-order valence-electron chi connectivity index (χ0n) is 37.1. The van der Waals surface area contributed by atoms with E-state index >= 15 is 0 Å². The second-order valence-corrected chi connectivity index (χ2v) is 17.2. The Morgan fingerprint density at radius 2 is 0.687 bits per heavy atom. The summed E-state index contributed by atoms with van der Waals surface area (Å²) in [6.45, 7) is 0. The topological polar surface area (TPSA) is 9.72 Å². The standard InChI is InChI=1S/C64H47N3/c1-7-22-49(23-8-1)65(50-24-9-2-10-25-50)55-40-42-59-61(44-55)63(48-38-37-47-36-35-46-21-19-20-34-57(46)60(47)43-48)58-41-39-56(66(51-26-11-3-12-27-51)52-28-13-4-14-29-52)45-62(58)64(59)67(53-30-15-5-16-31-53)54-32-17-6-18-33-54/h1-36,39-45H,37-38H2. The second kappa shape index (κ2) is 17.4. The van der Waals surface area contributed by atoms with Gasteiger partial charge in [-0.15, -0.1) is 0 Å². The Labute approximate surface area is 392 Å². The lowest BCUT2D eigenvalue weighted by Crippen LogP contribution is -2.14. The van der Waals surface area contributed by atoms with Gasteiger partial charge in [0.05, 0.1) is 5.69 Å². The minimum Gasteiger partial charge on any atom is -0.310 e. The highest BCUT2D eigenvalue weighted by Gasteiger charge is 2.27. The highest BCUT2D eigenvalue weighted by Crippen LogP contribution is 2.51. The zero-order valence-corrected chi connectivity index (χ0v) is 37.1. The molecule has 0 atom stereocenters. The number of fused-ring (bicyclic) bond motifs is 5. The number of allylic oxidation sites excluding steroid dienone is 1. The van der Waals surface area contributed by atoms with Crippen molar-refractivity contribution >= 4 is 95.2 Å². The summed E-state index contributed by atoms with van der Waals surface area (Å²) in [5, 5.41) is 7.32. The molecule has 1 aliphatic carbocycles. The number of hydrogen-bond donors (Lipinski definition) is 0. The van der Waals surface area contributed by atoms with E-state index in [1.165, 1.54) is 54.6 Å². The van der Waals surface area contributed by atoms with Crippen molar-refractivity contribution < 1.29 is 0 Å². The van der Waals surface area contributed by atoms with Crippen molar-refractivity contribution in [3.05, 3.63) is 271 Å². The van der Waals surface area contributed by atoms with Crippen LogP contribution in [0.15, 0.2) is 255 Å². The van der Waals surface area contributed by atoms with Gasteiger partial charge in [-0.05, 0) is 154 Å². The molecule has 67 heavy (non-hydrogen) atoms. The molecule has 0 N–H and O–H groups in total. The van der Waals surface area contributed by atoms with Crippen LogP contribution in [0.1, 0.15) is 23.1 Å². The van der Waals surface area contributed by atoms with Crippen LogP contribution < -0.4 is 14.7 Å². The number of rotatable bonds is 10. The van der Waals surface area contributed by atoms with Gasteiger partial charge in [0.15, 0.2) is 0 Å². The van der Waals surface area contributed by atoms with Crippen molar-refractivity contribution in [1.29, 1.82) is 0 Å². The van der Waals surface area contributed by atoms with E-state index in [-0.39, 0.29) is 0 Å². The van der Waals surface area contributed by atoms with Crippen LogP contribution in [-0.4, -0.2) is 0 Å². The molecule has 0 fully saturated rings. The molecule has 0 radical (unpaired) electrons. The van der Waals surface area contributed by atoms with Gasteiger partial charge in [-0.3, -0.25) is 0 Å². The first-order valence-corrected chi connectivity index (χ1v) is 23.2. The Morgan fingerprint density at radius 3 is 1.18 bits per heavy atom. The molecule has 0 aromatic heterocycles. The Morgan fingerprint density at radius 1 is 0.269 bits per heavy atom. The first-order chi connectivity index (χ1) is 33.3. The summed E-state index contributed by atoms with van der Waals surface area (Å²) in [6, 6.07) is 92.5. The van der Waals surface area contributed by atoms with Crippen LogP contribution in [0.5, 0.6) is 0 Å². The normalized spacial score (nSPS) is 12.1. The number of aryl methyl sites for hydroxylation is 1. The monoisotopic (exact) mass is 857 g/mol. The Balaban J connectivity index is 1.23. The number of benzene rings is 11. The molecule has 0 heterocycles. The molecule has 0 saturated carbocycles. The van der Waals surface area contributed by atoms with Gasteiger partial charge in [-0.1, -0.05) is 164 Å². The van der Waals surface area contributed by atoms with Crippen molar-refractivity contribution in [2.45, 2.75) is 12.8 Å². The van der Waals surface area contributed by atoms with Gasteiger partial charge in [-0.2, -0.15) is 0 Å². The minimum atomic E-state index is 0.920. The zero-order chi connectivity index (χ0) is 44.5. The fraction of sp³-hybridized carbons (Fsp3) is 0.0312. The van der Waals surface area contributed by atoms with Crippen LogP contribution in [0.4, 0.5) is 51.2 Å². The first-order valence-electron chi connectivity index (χ1n) is 23.2. The summed E-state index contributed by atoms with van der Waals surface area (Å²) in [6.07, 6.45) is 4.39. The maximum Gasteiger partial charge on any atom is 0.0619 e. The van der Waals surface area contributed by atoms with E-state index in [0.29, 0.717) is 0 Å². The third-order valence-corrected chi connectivity index (χ3v) is 13.2. The van der Waals surface area contributed by atoms with E-state index in [1.54, 1.807) is 0 Å². The Kier molecular flexibility index (Phi) is 10.3. The predicted molar refractivity (Wildman–Crippen MR) is 286 cm³/mol. The highest BCUT2D eigenvalue weighted by molar-refractivity contribution is 6.22. The summed E-state index contributed by atoms with van der Waals surface area (Å²) < 4.78 is 0. The predicted octanol–water partition coefficient (Wildman–Crippen LogP) is 18.0. The number of anilines is 9. The molecule has 3 nitrogen and oxygen atoms in total. The van der Waals surface area contributed by atoms with Gasteiger partial charge in [0.25, 0.3) is 0 Å². The average molecular weight is 858 g/mol. The van der Waals surface area contributed by atoms with E-state index in [9.17, 15) is 0 Å². The lowest BCUT2D eigenvalue weighted by atomic mass is 9.82. The van der Waals surface area contributed by atoms with Crippen LogP contribution in [0.25, 0.3) is 44.0 Å². The Bertz CT molecular complexity index is 3440. The summed E-state index contributed by atoms with van der Waals surface area (Å²) in [5.41, 5.74) is 15.2. The lowest BCUT2D eigenvalue weighted by Gasteiger charge is -2.32. The maximum atomic E-state index is 2.51. The van der Waals surface area contributed by atoms with Crippen molar-refractivity contribution in [3.8, 4) is 0 Å². The van der Waals surface area contributed by atoms with Gasteiger partial charge < -0.3 is 14.7 Å². The van der Waals surface area contributed by atoms with E-state index < -0.39 is 0 Å². The maximum absolute atomic E-state index is 2.51.